The first-order valence-electron chi connectivity index (χ1n) is 7.55. The maximum atomic E-state index is 11.0. The Bertz CT molecular complexity index is 444. The summed E-state index contributed by atoms with van der Waals surface area (Å²) in [5.41, 5.74) is 0.202. The maximum absolute atomic E-state index is 11.0. The molecule has 0 bridgehead atoms. The molecule has 1 unspecified atom stereocenters. The van der Waals surface area contributed by atoms with Gasteiger partial charge in [0.1, 0.15) is 17.9 Å². The molecule has 0 saturated carbocycles. The van der Waals surface area contributed by atoms with Crippen LogP contribution in [0.4, 0.5) is 0 Å². The van der Waals surface area contributed by atoms with Gasteiger partial charge >= 0.3 is 5.97 Å². The van der Waals surface area contributed by atoms with Gasteiger partial charge in [0.05, 0.1) is 6.10 Å². The fraction of sp³-hybridized carbons (Fsp3) is 0.562. The molecule has 5 heteroatoms. The third-order valence-corrected chi connectivity index (χ3v) is 3.57. The van der Waals surface area contributed by atoms with Gasteiger partial charge < -0.3 is 19.9 Å². The smallest absolute Gasteiger partial charge is 0.339 e. The van der Waals surface area contributed by atoms with Gasteiger partial charge in [-0.15, -0.1) is 0 Å². The average Bonchev–Trinajstić information content (AvgIpc) is 2.52. The molecule has 0 aromatic heterocycles. The summed E-state index contributed by atoms with van der Waals surface area (Å²) in [7, 11) is 0. The number of nitrogens with one attached hydrogen (secondary N) is 1. The van der Waals surface area contributed by atoms with E-state index in [4.69, 9.17) is 14.6 Å². The Labute approximate surface area is 125 Å². The van der Waals surface area contributed by atoms with E-state index in [1.165, 1.54) is 12.8 Å². The Hall–Kier alpha value is -1.59. The molecule has 1 aromatic carbocycles. The summed E-state index contributed by atoms with van der Waals surface area (Å²) in [4.78, 5) is 11.0. The van der Waals surface area contributed by atoms with Gasteiger partial charge in [0, 0.05) is 13.2 Å². The van der Waals surface area contributed by atoms with Crippen molar-refractivity contribution in [2.24, 2.45) is 0 Å². The fourth-order valence-electron chi connectivity index (χ4n) is 2.43. The molecule has 0 amide bonds. The lowest BCUT2D eigenvalue weighted by Crippen LogP contribution is -2.28. The van der Waals surface area contributed by atoms with Gasteiger partial charge in [0.15, 0.2) is 0 Å². The highest BCUT2D eigenvalue weighted by molar-refractivity contribution is 5.90. The minimum atomic E-state index is -0.965. The summed E-state index contributed by atoms with van der Waals surface area (Å²) in [5, 5.41) is 12.3. The zero-order chi connectivity index (χ0) is 14.9. The number of ether oxygens (including phenoxy) is 2. The highest BCUT2D eigenvalue weighted by Crippen LogP contribution is 2.17. The third kappa shape index (κ3) is 5.36. The van der Waals surface area contributed by atoms with Gasteiger partial charge in [-0.25, -0.2) is 4.79 Å². The monoisotopic (exact) mass is 293 g/mol. The van der Waals surface area contributed by atoms with Crippen LogP contribution in [0.1, 0.15) is 36.0 Å². The second-order valence-electron chi connectivity index (χ2n) is 5.18. The molecule has 1 aliphatic heterocycles. The summed E-state index contributed by atoms with van der Waals surface area (Å²) in [5.74, 6) is -0.546. The van der Waals surface area contributed by atoms with Crippen LogP contribution in [0.15, 0.2) is 24.3 Å². The molecular formula is C16H23NO4. The zero-order valence-corrected chi connectivity index (χ0v) is 12.2. The minimum Gasteiger partial charge on any atom is -0.491 e. The lowest BCUT2D eigenvalue weighted by Gasteiger charge is -2.22. The number of hydrogen-bond acceptors (Lipinski definition) is 4. The van der Waals surface area contributed by atoms with Gasteiger partial charge in [0.25, 0.3) is 0 Å². The minimum absolute atomic E-state index is 0.202. The van der Waals surface area contributed by atoms with Crippen molar-refractivity contribution in [1.82, 2.24) is 5.32 Å². The van der Waals surface area contributed by atoms with Crippen molar-refractivity contribution in [1.29, 1.82) is 0 Å². The third-order valence-electron chi connectivity index (χ3n) is 3.57. The highest BCUT2D eigenvalue weighted by Gasteiger charge is 2.13. The van der Waals surface area contributed by atoms with Gasteiger partial charge in [-0.2, -0.15) is 0 Å². The zero-order valence-electron chi connectivity index (χ0n) is 12.2. The molecular weight excluding hydrogens is 270 g/mol. The largest absolute Gasteiger partial charge is 0.491 e. The van der Waals surface area contributed by atoms with E-state index < -0.39 is 5.97 Å². The van der Waals surface area contributed by atoms with E-state index in [0.29, 0.717) is 25.0 Å². The molecule has 116 valence electrons. The van der Waals surface area contributed by atoms with Crippen LogP contribution in [0.3, 0.4) is 0 Å². The van der Waals surface area contributed by atoms with Crippen LogP contribution in [-0.4, -0.2) is 43.5 Å². The molecule has 1 aromatic rings. The lowest BCUT2D eigenvalue weighted by atomic mass is 10.1. The first kappa shape index (κ1) is 15.8. The van der Waals surface area contributed by atoms with Gasteiger partial charge in [-0.3, -0.25) is 0 Å². The topological polar surface area (TPSA) is 67.8 Å². The van der Waals surface area contributed by atoms with Crippen LogP contribution in [0.5, 0.6) is 5.75 Å². The van der Waals surface area contributed by atoms with Crippen molar-refractivity contribution in [2.75, 3.05) is 26.3 Å². The van der Waals surface area contributed by atoms with Crippen molar-refractivity contribution >= 4 is 5.97 Å². The molecule has 1 atom stereocenters. The molecule has 1 fully saturated rings. The average molecular weight is 293 g/mol. The van der Waals surface area contributed by atoms with Crippen molar-refractivity contribution < 1.29 is 19.4 Å². The molecule has 0 radical (unpaired) electrons. The molecule has 2 rings (SSSR count). The quantitative estimate of drug-likeness (QED) is 0.720. The molecule has 0 spiro atoms. The summed E-state index contributed by atoms with van der Waals surface area (Å²) in [6.07, 6.45) is 5.01. The first-order valence-corrected chi connectivity index (χ1v) is 7.55. The van der Waals surface area contributed by atoms with Crippen LogP contribution in [0.2, 0.25) is 0 Å². The SMILES string of the molecule is O=C(O)c1ccccc1OCCNCCC1CCCCO1. The lowest BCUT2D eigenvalue weighted by molar-refractivity contribution is 0.0115. The second kappa shape index (κ2) is 8.64. The summed E-state index contributed by atoms with van der Waals surface area (Å²) >= 11 is 0. The second-order valence-corrected chi connectivity index (χ2v) is 5.18. The molecule has 21 heavy (non-hydrogen) atoms. The number of para-hydroxylation sites is 1. The molecule has 2 N–H and O–H groups in total. The van der Waals surface area contributed by atoms with Crippen molar-refractivity contribution in [3.63, 3.8) is 0 Å². The van der Waals surface area contributed by atoms with Gasteiger partial charge in [-0.05, 0) is 44.4 Å². The summed E-state index contributed by atoms with van der Waals surface area (Å²) < 4.78 is 11.2. The number of benzene rings is 1. The van der Waals surface area contributed by atoms with Crippen LogP contribution in [-0.2, 0) is 4.74 Å². The van der Waals surface area contributed by atoms with Crippen molar-refractivity contribution in [3.05, 3.63) is 29.8 Å². The Morgan fingerprint density at radius 3 is 2.95 bits per heavy atom. The highest BCUT2D eigenvalue weighted by atomic mass is 16.5. The van der Waals surface area contributed by atoms with E-state index >= 15 is 0 Å². The van der Waals surface area contributed by atoms with E-state index in [-0.39, 0.29) is 5.56 Å². The normalized spacial score (nSPS) is 18.4. The van der Waals surface area contributed by atoms with E-state index in [1.54, 1.807) is 24.3 Å². The maximum Gasteiger partial charge on any atom is 0.339 e. The van der Waals surface area contributed by atoms with Gasteiger partial charge in [-0.1, -0.05) is 12.1 Å². The van der Waals surface area contributed by atoms with Crippen LogP contribution in [0.25, 0.3) is 0 Å². The first-order chi connectivity index (χ1) is 10.3. The predicted octanol–water partition coefficient (Wildman–Crippen LogP) is 2.31. The Morgan fingerprint density at radius 2 is 2.19 bits per heavy atom. The van der Waals surface area contributed by atoms with Crippen LogP contribution < -0.4 is 10.1 Å². The number of carboxylic acids is 1. The van der Waals surface area contributed by atoms with Crippen LogP contribution >= 0.6 is 0 Å². The summed E-state index contributed by atoms with van der Waals surface area (Å²) in [6, 6.07) is 6.69. The number of carbonyl (C=O) groups is 1. The van der Waals surface area contributed by atoms with Crippen LogP contribution in [0, 0.1) is 0 Å². The number of aromatic carboxylic acids is 1. The molecule has 1 heterocycles. The molecule has 0 aliphatic carbocycles. The fourth-order valence-corrected chi connectivity index (χ4v) is 2.43. The van der Waals surface area contributed by atoms with Crippen molar-refractivity contribution in [2.45, 2.75) is 31.8 Å². The number of carboxylic acid groups (broad SMARTS) is 1. The Balaban J connectivity index is 1.60. The van der Waals surface area contributed by atoms with Crippen molar-refractivity contribution in [3.8, 4) is 5.75 Å². The Morgan fingerprint density at radius 1 is 1.33 bits per heavy atom. The molecule has 1 aliphatic rings. The standard InChI is InChI=1S/C16H23NO4/c18-16(19)14-6-1-2-7-15(14)21-12-10-17-9-8-13-5-3-4-11-20-13/h1-2,6-7,13,17H,3-5,8-12H2,(H,18,19). The Kier molecular flexibility index (Phi) is 6.50. The van der Waals surface area contributed by atoms with E-state index in [0.717, 1.165) is 26.0 Å². The molecule has 1 saturated heterocycles. The van der Waals surface area contributed by atoms with Gasteiger partial charge in [0.2, 0.25) is 0 Å². The summed E-state index contributed by atoms with van der Waals surface area (Å²) in [6.45, 7) is 2.94. The van der Waals surface area contributed by atoms with E-state index in [2.05, 4.69) is 5.32 Å². The predicted molar refractivity (Wildman–Crippen MR) is 80.0 cm³/mol. The number of rotatable bonds is 8. The molecule has 5 nitrogen and oxygen atoms in total. The van der Waals surface area contributed by atoms with E-state index in [9.17, 15) is 4.79 Å². The van der Waals surface area contributed by atoms with E-state index in [1.807, 2.05) is 0 Å². The number of hydrogen-bond donors (Lipinski definition) is 2.